The van der Waals surface area contributed by atoms with Crippen molar-refractivity contribution in [3.05, 3.63) is 216 Å². The standard InChI is InChI=1S/C74H60N2O4/c1-41(2)45-17-23-51(24-18-45)75(71-55(43(5)6)29-31-59-57-13-9-11-15-63(57)79-73(59)71)53-27-21-47-37-61-67(39-49(47)35-53)77-65-33-34-66-70(69(61)65)62-38-48-22-28-54(36-50(48)40-68(62)78-66)76(52-25-19-46(20-26-52)42(3)4)72-56(44(7)8)30-32-60-58-14-10-12-16-64(58)80-74(60)72/h9-44H,1-8H3. The molecular formula is C74H60N2O4. The highest BCUT2D eigenvalue weighted by molar-refractivity contribution is 6.28. The van der Waals surface area contributed by atoms with Gasteiger partial charge in [-0.15, -0.1) is 0 Å². The third-order valence-electron chi connectivity index (χ3n) is 16.9. The first-order valence-electron chi connectivity index (χ1n) is 28.3. The van der Waals surface area contributed by atoms with Crippen molar-refractivity contribution < 1.29 is 17.7 Å². The smallest absolute Gasteiger partial charge is 0.159 e. The van der Waals surface area contributed by atoms with Crippen LogP contribution in [0, 0.1) is 0 Å². The van der Waals surface area contributed by atoms with Crippen LogP contribution in [0.4, 0.5) is 34.1 Å². The van der Waals surface area contributed by atoms with E-state index in [2.05, 4.69) is 247 Å². The molecule has 6 heteroatoms. The fourth-order valence-electron chi connectivity index (χ4n) is 12.7. The van der Waals surface area contributed by atoms with Gasteiger partial charge in [-0.2, -0.15) is 0 Å². The fourth-order valence-corrected chi connectivity index (χ4v) is 12.7. The van der Waals surface area contributed by atoms with E-state index < -0.39 is 0 Å². The summed E-state index contributed by atoms with van der Waals surface area (Å²) in [4.78, 5) is 4.79. The summed E-state index contributed by atoms with van der Waals surface area (Å²) >= 11 is 0. The van der Waals surface area contributed by atoms with Crippen LogP contribution in [0.2, 0.25) is 0 Å². The minimum Gasteiger partial charge on any atom is -0.456 e. The summed E-state index contributed by atoms with van der Waals surface area (Å²) in [5.74, 6) is 1.29. The molecule has 15 rings (SSSR count). The van der Waals surface area contributed by atoms with Crippen LogP contribution in [0.5, 0.6) is 0 Å². The second-order valence-corrected chi connectivity index (χ2v) is 23.2. The molecule has 0 bridgehead atoms. The van der Waals surface area contributed by atoms with Crippen LogP contribution in [0.15, 0.2) is 212 Å². The van der Waals surface area contributed by atoms with Gasteiger partial charge in [0.2, 0.25) is 0 Å². The van der Waals surface area contributed by atoms with Gasteiger partial charge in [-0.3, -0.25) is 0 Å². The summed E-state index contributed by atoms with van der Waals surface area (Å²) in [6.07, 6.45) is 0. The first-order chi connectivity index (χ1) is 38.9. The maximum absolute atomic E-state index is 6.86. The zero-order valence-electron chi connectivity index (χ0n) is 46.3. The van der Waals surface area contributed by atoms with E-state index in [-0.39, 0.29) is 11.8 Å². The van der Waals surface area contributed by atoms with Crippen molar-refractivity contribution in [2.24, 2.45) is 0 Å². The SMILES string of the molecule is CC(C)c1ccc(N(c2ccc3cc4c(cc3c2)oc2ccc3oc5cc6cc(N(c7ccc(C(C)C)cc7)c7c(C(C)C)ccc8c7oc7ccccc78)ccc6cc5c3c24)c2c(C(C)C)ccc3c2oc2ccccc23)cc1. The van der Waals surface area contributed by atoms with Gasteiger partial charge in [0.25, 0.3) is 0 Å². The third kappa shape index (κ3) is 7.45. The van der Waals surface area contributed by atoms with Crippen molar-refractivity contribution in [2.45, 2.75) is 79.1 Å². The first-order valence-corrected chi connectivity index (χ1v) is 28.3. The Morgan fingerprint density at radius 2 is 0.675 bits per heavy atom. The van der Waals surface area contributed by atoms with E-state index in [0.717, 1.165) is 143 Å². The van der Waals surface area contributed by atoms with E-state index in [1.54, 1.807) is 0 Å². The van der Waals surface area contributed by atoms with Gasteiger partial charge in [0.1, 0.15) is 33.5 Å². The average molecular weight is 1040 g/mol. The molecule has 0 aliphatic heterocycles. The van der Waals surface area contributed by atoms with Gasteiger partial charge >= 0.3 is 0 Å². The molecular weight excluding hydrogens is 981 g/mol. The molecule has 0 atom stereocenters. The van der Waals surface area contributed by atoms with Crippen molar-refractivity contribution in [1.82, 2.24) is 0 Å². The largest absolute Gasteiger partial charge is 0.456 e. The molecule has 4 aromatic heterocycles. The maximum atomic E-state index is 6.86. The minimum atomic E-state index is 0.235. The van der Waals surface area contributed by atoms with Gasteiger partial charge in [0, 0.05) is 65.8 Å². The molecule has 4 heterocycles. The van der Waals surface area contributed by atoms with Crippen molar-refractivity contribution >= 4 is 143 Å². The van der Waals surface area contributed by atoms with E-state index in [9.17, 15) is 0 Å². The van der Waals surface area contributed by atoms with Crippen LogP contribution in [0.1, 0.15) is 101 Å². The number of furan rings is 4. The summed E-state index contributed by atoms with van der Waals surface area (Å²) in [6, 6.07) is 70.6. The Morgan fingerprint density at radius 1 is 0.275 bits per heavy atom. The van der Waals surface area contributed by atoms with Gasteiger partial charge < -0.3 is 27.5 Å². The van der Waals surface area contributed by atoms with Crippen LogP contribution >= 0.6 is 0 Å². The van der Waals surface area contributed by atoms with Gasteiger partial charge in [-0.05, 0) is 165 Å². The molecule has 80 heavy (non-hydrogen) atoms. The van der Waals surface area contributed by atoms with Crippen molar-refractivity contribution in [1.29, 1.82) is 0 Å². The number of rotatable bonds is 10. The summed E-state index contributed by atoms with van der Waals surface area (Å²) in [7, 11) is 0. The van der Waals surface area contributed by atoms with Crippen LogP contribution in [0.3, 0.4) is 0 Å². The molecule has 11 aromatic carbocycles. The lowest BCUT2D eigenvalue weighted by Gasteiger charge is -2.29. The summed E-state index contributed by atoms with van der Waals surface area (Å²) in [5, 5.41) is 13.1. The fraction of sp³-hybridized carbons (Fsp3) is 0.162. The normalized spacial score (nSPS) is 12.4. The van der Waals surface area contributed by atoms with E-state index in [4.69, 9.17) is 17.7 Å². The molecule has 0 amide bonds. The lowest BCUT2D eigenvalue weighted by molar-refractivity contribution is 0.663. The highest BCUT2D eigenvalue weighted by Gasteiger charge is 2.28. The number of hydrogen-bond acceptors (Lipinski definition) is 6. The Kier molecular flexibility index (Phi) is 10.9. The number of para-hydroxylation sites is 2. The molecule has 0 aliphatic rings. The summed E-state index contributed by atoms with van der Waals surface area (Å²) < 4.78 is 27.4. The first kappa shape index (κ1) is 47.9. The predicted molar refractivity (Wildman–Crippen MR) is 336 cm³/mol. The van der Waals surface area contributed by atoms with Crippen molar-refractivity contribution in [2.75, 3.05) is 9.80 Å². The monoisotopic (exact) mass is 1040 g/mol. The van der Waals surface area contributed by atoms with E-state index in [1.165, 1.54) is 22.3 Å². The molecule has 0 saturated carbocycles. The van der Waals surface area contributed by atoms with E-state index in [0.29, 0.717) is 11.8 Å². The number of anilines is 6. The maximum Gasteiger partial charge on any atom is 0.159 e. The molecule has 0 radical (unpaired) electrons. The van der Waals surface area contributed by atoms with Gasteiger partial charge in [-0.25, -0.2) is 0 Å². The van der Waals surface area contributed by atoms with E-state index in [1.807, 2.05) is 12.1 Å². The second-order valence-electron chi connectivity index (χ2n) is 23.2. The Hall–Kier alpha value is -9.26. The molecule has 0 saturated heterocycles. The second kappa shape index (κ2) is 18.2. The van der Waals surface area contributed by atoms with Crippen molar-refractivity contribution in [3.63, 3.8) is 0 Å². The molecule has 0 unspecified atom stereocenters. The topological polar surface area (TPSA) is 59.0 Å². The Bertz CT molecular complexity index is 4650. The van der Waals surface area contributed by atoms with Gasteiger partial charge in [0.05, 0.1) is 11.4 Å². The predicted octanol–water partition coefficient (Wildman–Crippen LogP) is 23.0. The molecule has 0 fully saturated rings. The lowest BCUT2D eigenvalue weighted by atomic mass is 9.96. The summed E-state index contributed by atoms with van der Waals surface area (Å²) in [6.45, 7) is 18.0. The number of fused-ring (bicyclic) bond motifs is 15. The lowest BCUT2D eigenvalue weighted by Crippen LogP contribution is -2.13. The molecule has 0 N–H and O–H groups in total. The minimum absolute atomic E-state index is 0.235. The summed E-state index contributed by atoms with van der Waals surface area (Å²) in [5.41, 5.74) is 18.2. The zero-order valence-corrected chi connectivity index (χ0v) is 46.3. The molecule has 6 nitrogen and oxygen atoms in total. The molecule has 15 aromatic rings. The quantitative estimate of drug-likeness (QED) is 0.136. The average Bonchev–Trinajstić information content (AvgIpc) is 4.34. The number of hydrogen-bond donors (Lipinski definition) is 0. The van der Waals surface area contributed by atoms with Crippen molar-refractivity contribution in [3.8, 4) is 0 Å². The zero-order chi connectivity index (χ0) is 54.2. The molecule has 0 aliphatic carbocycles. The number of nitrogens with zero attached hydrogens (tertiary/aromatic N) is 2. The molecule has 0 spiro atoms. The highest BCUT2D eigenvalue weighted by atomic mass is 16.3. The van der Waals surface area contributed by atoms with Crippen LogP contribution in [0.25, 0.3) is 109 Å². The third-order valence-corrected chi connectivity index (χ3v) is 16.9. The Labute approximate surface area is 464 Å². The van der Waals surface area contributed by atoms with Crippen LogP contribution in [-0.4, -0.2) is 0 Å². The molecule has 390 valence electrons. The van der Waals surface area contributed by atoms with Crippen LogP contribution in [-0.2, 0) is 0 Å². The number of benzene rings is 11. The Balaban J connectivity index is 0.879. The Morgan fingerprint density at radius 3 is 1.07 bits per heavy atom. The van der Waals surface area contributed by atoms with Gasteiger partial charge in [-0.1, -0.05) is 152 Å². The van der Waals surface area contributed by atoms with Gasteiger partial charge in [0.15, 0.2) is 11.2 Å². The highest BCUT2D eigenvalue weighted by Crippen LogP contribution is 2.50. The van der Waals surface area contributed by atoms with Crippen LogP contribution < -0.4 is 9.80 Å². The van der Waals surface area contributed by atoms with E-state index >= 15 is 0 Å².